The van der Waals surface area contributed by atoms with E-state index in [2.05, 4.69) is 15.1 Å². The molecule has 92 valence electrons. The molecule has 6 heteroatoms. The Morgan fingerprint density at radius 3 is 3.00 bits per heavy atom. The molecular weight excluding hydrogens is 236 g/mol. The van der Waals surface area contributed by atoms with Crippen molar-refractivity contribution in [2.24, 2.45) is 16.8 Å². The zero-order chi connectivity index (χ0) is 12.1. The van der Waals surface area contributed by atoms with E-state index in [-0.39, 0.29) is 5.84 Å². The summed E-state index contributed by atoms with van der Waals surface area (Å²) in [4.78, 5) is 8.42. The van der Waals surface area contributed by atoms with E-state index in [0.717, 1.165) is 11.7 Å². The van der Waals surface area contributed by atoms with Crippen LogP contribution in [0.1, 0.15) is 31.4 Å². The maximum Gasteiger partial charge on any atom is 0.188 e. The van der Waals surface area contributed by atoms with Crippen LogP contribution in [0.4, 0.5) is 0 Å². The number of rotatable bonds is 4. The summed E-state index contributed by atoms with van der Waals surface area (Å²) in [5.74, 6) is 1.87. The quantitative estimate of drug-likeness (QED) is 0.213. The molecule has 0 aromatic carbocycles. The Morgan fingerprint density at radius 2 is 2.29 bits per heavy atom. The summed E-state index contributed by atoms with van der Waals surface area (Å²) in [7, 11) is 0. The molecule has 1 saturated carbocycles. The summed E-state index contributed by atoms with van der Waals surface area (Å²) >= 11 is 1.65. The van der Waals surface area contributed by atoms with Gasteiger partial charge < -0.3 is 10.9 Å². The second-order valence-electron chi connectivity index (χ2n) is 4.17. The summed E-state index contributed by atoms with van der Waals surface area (Å²) in [5, 5.41) is 12.2. The first kappa shape index (κ1) is 12.2. The third-order valence-corrected chi connectivity index (χ3v) is 4.02. The van der Waals surface area contributed by atoms with Crippen molar-refractivity contribution in [2.75, 3.05) is 5.75 Å². The van der Waals surface area contributed by atoms with Gasteiger partial charge >= 0.3 is 0 Å². The van der Waals surface area contributed by atoms with E-state index in [1.807, 2.05) is 0 Å². The van der Waals surface area contributed by atoms with E-state index >= 15 is 0 Å². The van der Waals surface area contributed by atoms with Gasteiger partial charge in [-0.1, -0.05) is 29.8 Å². The van der Waals surface area contributed by atoms with Crippen molar-refractivity contribution < 1.29 is 5.21 Å². The van der Waals surface area contributed by atoms with Crippen molar-refractivity contribution in [3.8, 4) is 0 Å². The molecule has 0 bridgehead atoms. The lowest BCUT2D eigenvalue weighted by molar-refractivity contribution is 0.318. The number of hydrogen-bond donors (Lipinski definition) is 2. The molecule has 3 N–H and O–H groups in total. The highest BCUT2D eigenvalue weighted by Gasteiger charge is 2.15. The fourth-order valence-corrected chi connectivity index (χ4v) is 2.99. The lowest BCUT2D eigenvalue weighted by atomic mass is 10.1. The molecule has 1 aromatic heterocycles. The molecular formula is C11H16N4OS. The summed E-state index contributed by atoms with van der Waals surface area (Å²) in [6.45, 7) is 0. The van der Waals surface area contributed by atoms with Crippen molar-refractivity contribution in [3.63, 3.8) is 0 Å². The van der Waals surface area contributed by atoms with E-state index in [0.29, 0.717) is 10.9 Å². The highest BCUT2D eigenvalue weighted by Crippen LogP contribution is 2.29. The molecule has 0 atom stereocenters. The summed E-state index contributed by atoms with van der Waals surface area (Å²) in [6.07, 6.45) is 6.95. The average molecular weight is 252 g/mol. The predicted octanol–water partition coefficient (Wildman–Crippen LogP) is 1.85. The largest absolute Gasteiger partial charge is 0.409 e. The summed E-state index contributed by atoms with van der Waals surface area (Å²) < 4.78 is 0. The number of aromatic nitrogens is 2. The zero-order valence-corrected chi connectivity index (χ0v) is 10.4. The SMILES string of the molecule is N/C(=N/O)c1ccnc(SCC2CCCC2)n1. The van der Waals surface area contributed by atoms with E-state index in [9.17, 15) is 0 Å². The lowest BCUT2D eigenvalue weighted by Gasteiger charge is -2.07. The molecule has 0 spiro atoms. The lowest BCUT2D eigenvalue weighted by Crippen LogP contribution is -2.15. The van der Waals surface area contributed by atoms with Crippen LogP contribution in [-0.4, -0.2) is 26.8 Å². The monoisotopic (exact) mass is 252 g/mol. The van der Waals surface area contributed by atoms with E-state index < -0.39 is 0 Å². The minimum atomic E-state index is 0.0233. The minimum absolute atomic E-state index is 0.0233. The predicted molar refractivity (Wildman–Crippen MR) is 67.2 cm³/mol. The van der Waals surface area contributed by atoms with Crippen molar-refractivity contribution in [1.82, 2.24) is 9.97 Å². The molecule has 0 radical (unpaired) electrons. The van der Waals surface area contributed by atoms with Crippen LogP contribution in [0.3, 0.4) is 0 Å². The maximum atomic E-state index is 8.58. The Morgan fingerprint density at radius 1 is 1.53 bits per heavy atom. The average Bonchev–Trinajstić information content (AvgIpc) is 2.89. The van der Waals surface area contributed by atoms with Gasteiger partial charge in [0.05, 0.1) is 0 Å². The van der Waals surface area contributed by atoms with Crippen LogP contribution in [0, 0.1) is 5.92 Å². The molecule has 0 unspecified atom stereocenters. The molecule has 1 aliphatic rings. The minimum Gasteiger partial charge on any atom is -0.409 e. The second-order valence-corrected chi connectivity index (χ2v) is 5.16. The molecule has 1 fully saturated rings. The van der Waals surface area contributed by atoms with Gasteiger partial charge in [-0.05, 0) is 24.8 Å². The van der Waals surface area contributed by atoms with E-state index in [1.165, 1.54) is 25.7 Å². The Labute approximate surface area is 105 Å². The Balaban J connectivity index is 1.96. The number of nitrogens with two attached hydrogens (primary N) is 1. The third-order valence-electron chi connectivity index (χ3n) is 2.93. The molecule has 1 aliphatic carbocycles. The van der Waals surface area contributed by atoms with Gasteiger partial charge in [-0.3, -0.25) is 0 Å². The Kier molecular flexibility index (Phi) is 4.19. The van der Waals surface area contributed by atoms with Crippen molar-refractivity contribution in [2.45, 2.75) is 30.8 Å². The molecule has 17 heavy (non-hydrogen) atoms. The van der Waals surface area contributed by atoms with E-state index in [4.69, 9.17) is 10.9 Å². The van der Waals surface area contributed by atoms with Crippen LogP contribution in [0.25, 0.3) is 0 Å². The van der Waals surface area contributed by atoms with Gasteiger partial charge in [0.2, 0.25) is 0 Å². The first-order valence-corrected chi connectivity index (χ1v) is 6.72. The van der Waals surface area contributed by atoms with Crippen LogP contribution in [-0.2, 0) is 0 Å². The van der Waals surface area contributed by atoms with Gasteiger partial charge in [0.1, 0.15) is 5.69 Å². The molecule has 0 saturated heterocycles. The van der Waals surface area contributed by atoms with Crippen LogP contribution < -0.4 is 5.73 Å². The smallest absolute Gasteiger partial charge is 0.188 e. The van der Waals surface area contributed by atoms with Crippen molar-refractivity contribution in [1.29, 1.82) is 0 Å². The fraction of sp³-hybridized carbons (Fsp3) is 0.545. The van der Waals surface area contributed by atoms with Gasteiger partial charge in [0.15, 0.2) is 11.0 Å². The first-order chi connectivity index (χ1) is 8.29. The number of hydrogen-bond acceptors (Lipinski definition) is 5. The van der Waals surface area contributed by atoms with Gasteiger partial charge in [0.25, 0.3) is 0 Å². The Hall–Kier alpha value is -1.30. The van der Waals surface area contributed by atoms with Gasteiger partial charge in [0, 0.05) is 11.9 Å². The van der Waals surface area contributed by atoms with Gasteiger partial charge in [-0.2, -0.15) is 0 Å². The molecule has 1 heterocycles. The fourth-order valence-electron chi connectivity index (χ4n) is 1.97. The molecule has 1 aromatic rings. The Bertz CT molecular complexity index is 404. The van der Waals surface area contributed by atoms with Crippen LogP contribution in [0.5, 0.6) is 0 Å². The molecule has 0 aliphatic heterocycles. The van der Waals surface area contributed by atoms with E-state index in [1.54, 1.807) is 24.0 Å². The maximum absolute atomic E-state index is 8.58. The second kappa shape index (κ2) is 5.86. The first-order valence-electron chi connectivity index (χ1n) is 5.73. The molecule has 2 rings (SSSR count). The standard InChI is InChI=1S/C11H16N4OS/c12-10(15-16)9-5-6-13-11(14-9)17-7-8-3-1-2-4-8/h5-6,8,16H,1-4,7H2,(H2,12,15). The van der Waals surface area contributed by atoms with Gasteiger partial charge in [-0.15, -0.1) is 0 Å². The summed E-state index contributed by atoms with van der Waals surface area (Å²) in [5.41, 5.74) is 5.95. The molecule has 5 nitrogen and oxygen atoms in total. The van der Waals surface area contributed by atoms with Crippen molar-refractivity contribution >= 4 is 17.6 Å². The van der Waals surface area contributed by atoms with Crippen LogP contribution in [0.15, 0.2) is 22.6 Å². The number of thioether (sulfide) groups is 1. The normalized spacial score (nSPS) is 17.5. The molecule has 0 amide bonds. The van der Waals surface area contributed by atoms with Crippen LogP contribution in [0.2, 0.25) is 0 Å². The third kappa shape index (κ3) is 3.33. The zero-order valence-electron chi connectivity index (χ0n) is 9.54. The highest BCUT2D eigenvalue weighted by molar-refractivity contribution is 7.99. The van der Waals surface area contributed by atoms with Gasteiger partial charge in [-0.25, -0.2) is 9.97 Å². The number of amidine groups is 1. The van der Waals surface area contributed by atoms with Crippen molar-refractivity contribution in [3.05, 3.63) is 18.0 Å². The summed E-state index contributed by atoms with van der Waals surface area (Å²) in [6, 6.07) is 1.63. The number of nitrogens with zero attached hydrogens (tertiary/aromatic N) is 3. The van der Waals surface area contributed by atoms with Crippen LogP contribution >= 0.6 is 11.8 Å². The highest BCUT2D eigenvalue weighted by atomic mass is 32.2. The number of oxime groups is 1. The topological polar surface area (TPSA) is 84.4 Å².